The Hall–Kier alpha value is -11.9. The molecular formula is C99H100F9N13O3. The zero-order chi connectivity index (χ0) is 86.7. The lowest BCUT2D eigenvalue weighted by Crippen LogP contribution is -2.50. The smallest absolute Gasteiger partial charge is 0.416 e. The lowest BCUT2D eigenvalue weighted by molar-refractivity contribution is -0.139. The molecule has 3 aliphatic carbocycles. The highest BCUT2D eigenvalue weighted by molar-refractivity contribution is 5.77. The highest BCUT2D eigenvalue weighted by Gasteiger charge is 2.41. The van der Waals surface area contributed by atoms with Crippen LogP contribution in [0.3, 0.4) is 0 Å². The molecule has 3 N–H and O–H groups in total. The predicted octanol–water partition coefficient (Wildman–Crippen LogP) is 22.0. The average molecular weight is 1690 g/mol. The number of anilines is 6. The highest BCUT2D eigenvalue weighted by Crippen LogP contribution is 2.50. The maximum Gasteiger partial charge on any atom is 0.416 e. The number of halogens is 9. The molecule has 3 atom stereocenters. The van der Waals surface area contributed by atoms with Gasteiger partial charge in [0.1, 0.15) is 5.60 Å². The van der Waals surface area contributed by atoms with E-state index >= 15 is 0 Å². The maximum atomic E-state index is 13.9. The summed E-state index contributed by atoms with van der Waals surface area (Å²) in [7, 11) is 3.90. The van der Waals surface area contributed by atoms with Crippen LogP contribution in [0.25, 0.3) is 33.8 Å². The van der Waals surface area contributed by atoms with E-state index in [1.165, 1.54) is 34.9 Å². The van der Waals surface area contributed by atoms with Crippen molar-refractivity contribution in [2.75, 3.05) is 102 Å². The third kappa shape index (κ3) is 21.5. The van der Waals surface area contributed by atoms with E-state index < -0.39 is 58.6 Å². The molecule has 1 amide bonds. The van der Waals surface area contributed by atoms with E-state index in [1.807, 2.05) is 130 Å². The van der Waals surface area contributed by atoms with Gasteiger partial charge in [0.15, 0.2) is 0 Å². The molecular weight excluding hydrogens is 1590 g/mol. The molecule has 0 bridgehead atoms. The van der Waals surface area contributed by atoms with Crippen LogP contribution in [-0.4, -0.2) is 147 Å². The minimum Gasteiger partial charge on any atom is -0.444 e. The number of carbonyl (C=O) groups excluding carboxylic acids is 1. The summed E-state index contributed by atoms with van der Waals surface area (Å²) < 4.78 is 135. The highest BCUT2D eigenvalue weighted by atomic mass is 19.4. The molecule has 17 rings (SSSR count). The number of aromatic nitrogens is 6. The largest absolute Gasteiger partial charge is 0.444 e. The average Bonchev–Trinajstić information content (AvgIpc) is 0.759. The zero-order valence-electron chi connectivity index (χ0n) is 70.0. The second-order valence-electron chi connectivity index (χ2n) is 33.2. The molecule has 12 aromatic rings. The SMILES string of the molecule is CC(C)(C)OC(=O)N1CCN(CCc2ccc(Nc3ncc4c(n3)-c3ccccc3C(c3ccccc3C(F)(F)F)C4)cc2)CC1.CN1CCN(CCc2ccc(Nc3ncc4c(n3)-c3ccccc3C(c3ccccc3C(F)(F)F)C4)cc2)CC1.COCCCCCc1ccc(Nc2ncc3c(n2)-c2ccccc2C(c2ccccc2C(F)(F)F)C3)cc1. The molecule has 0 spiro atoms. The van der Waals surface area contributed by atoms with Crippen LogP contribution in [0.15, 0.2) is 237 Å². The third-order valence-electron chi connectivity index (χ3n) is 23.6. The van der Waals surface area contributed by atoms with Crippen molar-refractivity contribution in [2.24, 2.45) is 0 Å². The number of unbranched alkanes of at least 4 members (excludes halogenated alkanes) is 2. The number of nitrogens with one attached hydrogen (secondary N) is 3. The Kier molecular flexibility index (Phi) is 27.0. The standard InChI is InChI=1S/C36H38F3N5O2.C32H32F3N5.C31H30F3N3O/c1-35(2,3)46-34(45)44-20-18-43(19-21-44)17-16-24-12-14-26(15-13-24)41-33-40-23-25-22-30(27-8-4-5-10-29(27)32(25)42-33)28-9-6-7-11-31(28)36(37,38)39;1-39-16-18-40(19-17-39)15-14-22-10-12-24(13-11-22)37-31-36-21-23-20-28(25-6-2-3-8-27(25)30(23)38-31)26-7-4-5-9-29(26)32(33,34)35;1-38-18-8-2-3-9-21-14-16-23(17-15-21)36-30-35-20-22-19-27(24-10-4-5-12-26(24)29(22)37-30)25-11-6-7-13-28(25)31(32,33)34/h4-15,23,30H,16-22H2,1-3H3,(H,40,41,42);2-13,21,28H,14-20H2,1H3,(H,36,37,38);4-7,10-17,20,27H,2-3,8-9,18-19H2,1H3,(H,35,36,37). The van der Waals surface area contributed by atoms with E-state index in [9.17, 15) is 44.3 Å². The van der Waals surface area contributed by atoms with Crippen molar-refractivity contribution >= 4 is 41.0 Å². The monoisotopic (exact) mass is 1690 g/mol. The lowest BCUT2D eigenvalue weighted by atomic mass is 9.76. The van der Waals surface area contributed by atoms with Crippen LogP contribution in [0.2, 0.25) is 0 Å². The van der Waals surface area contributed by atoms with Crippen LogP contribution >= 0.6 is 0 Å². The van der Waals surface area contributed by atoms with Crippen molar-refractivity contribution in [3.63, 3.8) is 0 Å². The minimum atomic E-state index is -4.44. The number of alkyl halides is 9. The third-order valence-corrected chi connectivity index (χ3v) is 23.6. The molecule has 5 aliphatic rings. The molecule has 9 aromatic carbocycles. The Bertz CT molecular complexity index is 5650. The van der Waals surface area contributed by atoms with Crippen LogP contribution < -0.4 is 16.0 Å². The van der Waals surface area contributed by atoms with Gasteiger partial charge in [0, 0.05) is 149 Å². The van der Waals surface area contributed by atoms with E-state index in [0.717, 1.165) is 200 Å². The quantitative estimate of drug-likeness (QED) is 0.0460. The normalized spacial score (nSPS) is 16.4. The van der Waals surface area contributed by atoms with Crippen molar-refractivity contribution in [1.82, 2.24) is 49.5 Å². The Labute approximate surface area is 717 Å². The number of carbonyl (C=O) groups is 1. The Morgan fingerprint density at radius 2 is 0.702 bits per heavy atom. The number of piperazine rings is 2. The molecule has 124 heavy (non-hydrogen) atoms. The van der Waals surface area contributed by atoms with Gasteiger partial charge in [0.2, 0.25) is 17.8 Å². The molecule has 25 heteroatoms. The molecule has 2 saturated heterocycles. The van der Waals surface area contributed by atoms with Crippen LogP contribution in [0.1, 0.15) is 141 Å². The summed E-state index contributed by atoms with van der Waals surface area (Å²) in [6.45, 7) is 15.8. The van der Waals surface area contributed by atoms with Crippen molar-refractivity contribution < 1.29 is 53.8 Å². The first-order valence-electron chi connectivity index (χ1n) is 42.3. The second-order valence-corrected chi connectivity index (χ2v) is 33.2. The number of hydrogen-bond acceptors (Lipinski definition) is 15. The van der Waals surface area contributed by atoms with Gasteiger partial charge in [-0.05, 0) is 201 Å². The molecule has 0 saturated carbocycles. The topological polar surface area (TPSA) is 162 Å². The van der Waals surface area contributed by atoms with Gasteiger partial charge in [-0.15, -0.1) is 0 Å². The zero-order valence-corrected chi connectivity index (χ0v) is 70.0. The van der Waals surface area contributed by atoms with E-state index in [1.54, 1.807) is 67.0 Å². The summed E-state index contributed by atoms with van der Waals surface area (Å²) >= 11 is 0. The van der Waals surface area contributed by atoms with Gasteiger partial charge in [-0.25, -0.2) is 34.7 Å². The fraction of sp³-hybridized carbons (Fsp3) is 0.323. The molecule has 642 valence electrons. The molecule has 0 radical (unpaired) electrons. The van der Waals surface area contributed by atoms with Crippen molar-refractivity contribution in [2.45, 2.75) is 120 Å². The second kappa shape index (κ2) is 38.5. The van der Waals surface area contributed by atoms with Gasteiger partial charge in [-0.3, -0.25) is 4.90 Å². The first-order valence-corrected chi connectivity index (χ1v) is 42.3. The number of methoxy groups -OCH3 is 1. The maximum absolute atomic E-state index is 13.9. The number of amides is 1. The number of likely N-dealkylation sites (N-methyl/N-ethyl adjacent to an activating group) is 1. The first kappa shape index (κ1) is 87.0. The molecule has 2 fully saturated rings. The number of ether oxygens (including phenoxy) is 2. The molecule has 3 aromatic heterocycles. The fourth-order valence-corrected chi connectivity index (χ4v) is 17.1. The van der Waals surface area contributed by atoms with Gasteiger partial charge in [-0.2, -0.15) is 39.5 Å². The summed E-state index contributed by atoms with van der Waals surface area (Å²) in [5.74, 6) is 0.0415. The Morgan fingerprint density at radius 3 is 1.03 bits per heavy atom. The number of nitrogens with zero attached hydrogens (tertiary/aromatic N) is 10. The number of aryl methyl sites for hydroxylation is 1. The van der Waals surface area contributed by atoms with Gasteiger partial charge in [-0.1, -0.05) is 170 Å². The van der Waals surface area contributed by atoms with Crippen LogP contribution in [0, 0.1) is 0 Å². The van der Waals surface area contributed by atoms with Crippen LogP contribution in [0.4, 0.5) is 79.2 Å². The number of benzene rings is 9. The van der Waals surface area contributed by atoms with Crippen molar-refractivity contribution in [3.8, 4) is 33.8 Å². The van der Waals surface area contributed by atoms with Crippen molar-refractivity contribution in [3.05, 3.63) is 320 Å². The Morgan fingerprint density at radius 1 is 0.387 bits per heavy atom. The van der Waals surface area contributed by atoms with Crippen LogP contribution in [-0.2, 0) is 66.5 Å². The molecule has 2 aliphatic heterocycles. The van der Waals surface area contributed by atoms with Gasteiger partial charge in [0.25, 0.3) is 0 Å². The van der Waals surface area contributed by atoms with Crippen LogP contribution in [0.5, 0.6) is 0 Å². The first-order chi connectivity index (χ1) is 59.7. The van der Waals surface area contributed by atoms with Gasteiger partial charge in [0.05, 0.1) is 33.8 Å². The summed E-state index contributed by atoms with van der Waals surface area (Å²) in [5.41, 5.74) is 14.7. The molecule has 5 heterocycles. The Balaban J connectivity index is 0.000000145. The lowest BCUT2D eigenvalue weighted by Gasteiger charge is -2.35. The van der Waals surface area contributed by atoms with Crippen molar-refractivity contribution in [1.29, 1.82) is 0 Å². The number of fused-ring (bicyclic) bond motifs is 9. The van der Waals surface area contributed by atoms with E-state index in [2.05, 4.69) is 89.0 Å². The summed E-state index contributed by atoms with van der Waals surface area (Å²) in [6.07, 6.45) is -0.892. The molecule has 16 nitrogen and oxygen atoms in total. The van der Waals surface area contributed by atoms with Gasteiger partial charge >= 0.3 is 24.6 Å². The van der Waals surface area contributed by atoms with E-state index in [4.69, 9.17) is 24.4 Å². The number of rotatable bonds is 21. The fourth-order valence-electron chi connectivity index (χ4n) is 17.1. The van der Waals surface area contributed by atoms with E-state index in [-0.39, 0.29) is 22.8 Å². The van der Waals surface area contributed by atoms with Gasteiger partial charge < -0.3 is 40.1 Å². The summed E-state index contributed by atoms with van der Waals surface area (Å²) in [4.78, 5) is 49.3. The summed E-state index contributed by atoms with van der Waals surface area (Å²) in [6, 6.07) is 65.0. The minimum absolute atomic E-state index is 0.252. The summed E-state index contributed by atoms with van der Waals surface area (Å²) in [5, 5.41) is 9.88. The number of hydrogen-bond donors (Lipinski definition) is 3. The predicted molar refractivity (Wildman–Crippen MR) is 468 cm³/mol. The van der Waals surface area contributed by atoms with E-state index in [0.29, 0.717) is 50.2 Å². The molecule has 3 unspecified atom stereocenters.